The number of carbonyl (C=O) groups is 2. The molecule has 0 heterocycles. The standard InChI is InChI=1S/C23H28N2.C2H2O4/c1-25(18-15-20-9-4-2-5-10-20)17-8-16-23(19-24,22-13-14-22)21-11-6-3-7-12-21;3-1(4)2(5)6/h2-7,9-12,22H,8,13-18H2,1H3;(H,3,4)(H,5,6). The van der Waals surface area contributed by atoms with Gasteiger partial charge in [-0.1, -0.05) is 60.7 Å². The molecular formula is C25H30N2O4. The lowest BCUT2D eigenvalue weighted by atomic mass is 9.74. The highest BCUT2D eigenvalue weighted by Gasteiger charge is 2.46. The number of hydrogen-bond donors (Lipinski definition) is 2. The first-order valence-corrected chi connectivity index (χ1v) is 10.5. The number of benzene rings is 2. The molecule has 164 valence electrons. The van der Waals surface area contributed by atoms with Gasteiger partial charge in [-0.15, -0.1) is 0 Å². The molecule has 1 atom stereocenters. The smallest absolute Gasteiger partial charge is 0.414 e. The van der Waals surface area contributed by atoms with Crippen molar-refractivity contribution in [3.63, 3.8) is 0 Å². The predicted molar refractivity (Wildman–Crippen MR) is 119 cm³/mol. The molecule has 1 fully saturated rings. The largest absolute Gasteiger partial charge is 0.473 e. The Morgan fingerprint density at radius 3 is 2.03 bits per heavy atom. The molecule has 0 aromatic heterocycles. The Hall–Kier alpha value is -3.17. The van der Waals surface area contributed by atoms with E-state index in [2.05, 4.69) is 72.6 Å². The molecule has 31 heavy (non-hydrogen) atoms. The number of rotatable bonds is 9. The molecule has 0 amide bonds. The Bertz CT molecular complexity index is 863. The van der Waals surface area contributed by atoms with E-state index < -0.39 is 11.9 Å². The summed E-state index contributed by atoms with van der Waals surface area (Å²) in [5.74, 6) is -3.10. The third-order valence-electron chi connectivity index (χ3n) is 5.68. The van der Waals surface area contributed by atoms with Crippen LogP contribution in [0, 0.1) is 17.2 Å². The van der Waals surface area contributed by atoms with Crippen LogP contribution in [-0.4, -0.2) is 47.2 Å². The van der Waals surface area contributed by atoms with Crippen molar-refractivity contribution in [2.24, 2.45) is 5.92 Å². The minimum Gasteiger partial charge on any atom is -0.473 e. The molecule has 6 nitrogen and oxygen atoms in total. The number of nitrogens with zero attached hydrogens (tertiary/aromatic N) is 2. The second-order valence-electron chi connectivity index (χ2n) is 7.98. The van der Waals surface area contributed by atoms with Crippen LogP contribution in [0.3, 0.4) is 0 Å². The van der Waals surface area contributed by atoms with Crippen LogP contribution in [0.2, 0.25) is 0 Å². The maximum absolute atomic E-state index is 9.99. The second kappa shape index (κ2) is 11.9. The summed E-state index contributed by atoms with van der Waals surface area (Å²) < 4.78 is 0. The first kappa shape index (κ1) is 24.1. The van der Waals surface area contributed by atoms with Gasteiger partial charge in [0.05, 0.1) is 11.5 Å². The van der Waals surface area contributed by atoms with Crippen molar-refractivity contribution in [1.29, 1.82) is 5.26 Å². The van der Waals surface area contributed by atoms with Crippen LogP contribution >= 0.6 is 0 Å². The normalized spacial score (nSPS) is 14.6. The Balaban J connectivity index is 0.000000501. The molecule has 1 aliphatic rings. The van der Waals surface area contributed by atoms with Crippen LogP contribution in [0.15, 0.2) is 60.7 Å². The molecular weight excluding hydrogens is 392 g/mol. The summed E-state index contributed by atoms with van der Waals surface area (Å²) in [6.07, 6.45) is 5.53. The Morgan fingerprint density at radius 1 is 1.00 bits per heavy atom. The molecule has 1 saturated carbocycles. The van der Waals surface area contributed by atoms with Gasteiger partial charge in [-0.3, -0.25) is 0 Å². The average Bonchev–Trinajstić information content (AvgIpc) is 3.63. The SMILES string of the molecule is CN(CCCC(C#N)(c1ccccc1)C1CC1)CCc1ccccc1.O=C(O)C(=O)O. The maximum Gasteiger partial charge on any atom is 0.414 e. The second-order valence-corrected chi connectivity index (χ2v) is 7.98. The van der Waals surface area contributed by atoms with Crippen molar-refractivity contribution < 1.29 is 19.8 Å². The lowest BCUT2D eigenvalue weighted by Gasteiger charge is -2.28. The van der Waals surface area contributed by atoms with Crippen LogP contribution in [0.1, 0.15) is 36.8 Å². The van der Waals surface area contributed by atoms with E-state index in [-0.39, 0.29) is 5.41 Å². The third kappa shape index (κ3) is 7.54. The number of carboxylic acids is 2. The van der Waals surface area contributed by atoms with Crippen LogP contribution in [0.25, 0.3) is 0 Å². The van der Waals surface area contributed by atoms with Gasteiger partial charge < -0.3 is 15.1 Å². The molecule has 0 bridgehead atoms. The van der Waals surface area contributed by atoms with E-state index in [1.54, 1.807) is 0 Å². The van der Waals surface area contributed by atoms with E-state index in [9.17, 15) is 5.26 Å². The summed E-state index contributed by atoms with van der Waals surface area (Å²) in [5, 5.41) is 24.8. The zero-order valence-electron chi connectivity index (χ0n) is 17.9. The summed E-state index contributed by atoms with van der Waals surface area (Å²) >= 11 is 0. The zero-order valence-corrected chi connectivity index (χ0v) is 17.9. The van der Waals surface area contributed by atoms with E-state index in [0.717, 1.165) is 32.4 Å². The fourth-order valence-electron chi connectivity index (χ4n) is 3.81. The molecule has 1 unspecified atom stereocenters. The Morgan fingerprint density at radius 2 is 1.55 bits per heavy atom. The van der Waals surface area contributed by atoms with Crippen molar-refractivity contribution >= 4 is 11.9 Å². The fourth-order valence-corrected chi connectivity index (χ4v) is 3.81. The van der Waals surface area contributed by atoms with Crippen molar-refractivity contribution in [3.05, 3.63) is 71.8 Å². The molecule has 0 aliphatic heterocycles. The lowest BCUT2D eigenvalue weighted by Crippen LogP contribution is -2.29. The van der Waals surface area contributed by atoms with Gasteiger partial charge >= 0.3 is 11.9 Å². The fraction of sp³-hybridized carbons (Fsp3) is 0.400. The first-order valence-electron chi connectivity index (χ1n) is 10.5. The highest BCUT2D eigenvalue weighted by atomic mass is 16.4. The quantitative estimate of drug-likeness (QED) is 0.593. The molecule has 2 N–H and O–H groups in total. The van der Waals surface area contributed by atoms with Crippen molar-refractivity contribution in [2.75, 3.05) is 20.1 Å². The summed E-state index contributed by atoms with van der Waals surface area (Å²) in [7, 11) is 2.19. The minimum atomic E-state index is -1.82. The van der Waals surface area contributed by atoms with Crippen LogP contribution in [0.4, 0.5) is 0 Å². The minimum absolute atomic E-state index is 0.276. The van der Waals surface area contributed by atoms with Gasteiger partial charge in [-0.2, -0.15) is 5.26 Å². The Labute approximate surface area is 183 Å². The van der Waals surface area contributed by atoms with Gasteiger partial charge in [-0.05, 0) is 62.7 Å². The summed E-state index contributed by atoms with van der Waals surface area (Å²) in [4.78, 5) is 20.6. The Kier molecular flexibility index (Phi) is 9.23. The van der Waals surface area contributed by atoms with Crippen molar-refractivity contribution in [2.45, 2.75) is 37.5 Å². The lowest BCUT2D eigenvalue weighted by molar-refractivity contribution is -0.159. The molecule has 6 heteroatoms. The maximum atomic E-state index is 9.99. The predicted octanol–water partition coefficient (Wildman–Crippen LogP) is 3.97. The summed E-state index contributed by atoms with van der Waals surface area (Å²) in [6, 6.07) is 23.8. The molecule has 3 rings (SSSR count). The summed E-state index contributed by atoms with van der Waals surface area (Å²) in [5.41, 5.74) is 2.33. The molecule has 0 saturated heterocycles. The number of nitriles is 1. The summed E-state index contributed by atoms with van der Waals surface area (Å²) in [6.45, 7) is 2.12. The number of likely N-dealkylation sites (N-methyl/N-ethyl adjacent to an activating group) is 1. The van der Waals surface area contributed by atoms with Gasteiger partial charge in [0, 0.05) is 6.54 Å². The van der Waals surface area contributed by atoms with Gasteiger partial charge in [0.2, 0.25) is 0 Å². The van der Waals surface area contributed by atoms with Gasteiger partial charge in [0.15, 0.2) is 0 Å². The van der Waals surface area contributed by atoms with Crippen molar-refractivity contribution in [3.8, 4) is 6.07 Å². The van der Waals surface area contributed by atoms with Gasteiger partial charge in [-0.25, -0.2) is 9.59 Å². The van der Waals surface area contributed by atoms with E-state index in [4.69, 9.17) is 19.8 Å². The van der Waals surface area contributed by atoms with Crippen LogP contribution < -0.4 is 0 Å². The number of carboxylic acid groups (broad SMARTS) is 2. The van der Waals surface area contributed by atoms with E-state index in [0.29, 0.717) is 5.92 Å². The van der Waals surface area contributed by atoms with Crippen molar-refractivity contribution in [1.82, 2.24) is 4.90 Å². The van der Waals surface area contributed by atoms with E-state index in [1.165, 1.54) is 24.0 Å². The van der Waals surface area contributed by atoms with Crippen LogP contribution in [-0.2, 0) is 21.4 Å². The van der Waals surface area contributed by atoms with E-state index >= 15 is 0 Å². The highest BCUT2D eigenvalue weighted by molar-refractivity contribution is 6.27. The zero-order chi connectivity index (χ0) is 22.7. The highest BCUT2D eigenvalue weighted by Crippen LogP contribution is 2.49. The molecule has 1 aliphatic carbocycles. The number of hydrogen-bond acceptors (Lipinski definition) is 4. The number of aliphatic carboxylic acids is 2. The van der Waals surface area contributed by atoms with Crippen LogP contribution in [0.5, 0.6) is 0 Å². The van der Waals surface area contributed by atoms with Gasteiger partial charge in [0.25, 0.3) is 0 Å². The average molecular weight is 423 g/mol. The monoisotopic (exact) mass is 422 g/mol. The molecule has 0 radical (unpaired) electrons. The molecule has 2 aromatic rings. The van der Waals surface area contributed by atoms with Gasteiger partial charge in [0.1, 0.15) is 0 Å². The topological polar surface area (TPSA) is 102 Å². The molecule has 0 spiro atoms. The third-order valence-corrected chi connectivity index (χ3v) is 5.68. The van der Waals surface area contributed by atoms with E-state index in [1.807, 2.05) is 6.07 Å². The first-order chi connectivity index (χ1) is 14.9. The molecule has 2 aromatic carbocycles.